The van der Waals surface area contributed by atoms with Crippen molar-refractivity contribution >= 4 is 22.7 Å². The first kappa shape index (κ1) is 27.4. The lowest BCUT2D eigenvalue weighted by molar-refractivity contribution is -0.123. The molecule has 0 aliphatic heterocycles. The second kappa shape index (κ2) is 13.2. The largest absolute Gasteiger partial charge is 0.353 e. The van der Waals surface area contributed by atoms with Crippen molar-refractivity contribution in [1.82, 2.24) is 19.8 Å². The van der Waals surface area contributed by atoms with Gasteiger partial charge in [-0.15, -0.1) is 0 Å². The fourth-order valence-electron chi connectivity index (χ4n) is 5.21. The van der Waals surface area contributed by atoms with Gasteiger partial charge in [-0.2, -0.15) is 0 Å². The molecule has 0 saturated heterocycles. The van der Waals surface area contributed by atoms with Gasteiger partial charge >= 0.3 is 5.69 Å². The van der Waals surface area contributed by atoms with E-state index in [4.69, 9.17) is 0 Å². The normalized spacial score (nSPS) is 14.4. The van der Waals surface area contributed by atoms with Crippen molar-refractivity contribution in [3.63, 3.8) is 0 Å². The summed E-state index contributed by atoms with van der Waals surface area (Å²) in [6.45, 7) is 1.99. The maximum absolute atomic E-state index is 13.4. The van der Waals surface area contributed by atoms with Crippen molar-refractivity contribution in [1.29, 1.82) is 0 Å². The fourth-order valence-corrected chi connectivity index (χ4v) is 5.21. The lowest BCUT2D eigenvalue weighted by atomic mass is 10.1. The fraction of sp³-hybridized carbons (Fsp3) is 0.467. The SMILES string of the molecule is C[C@H](CCc1ccccc1)NC(=O)Cn1c(=O)n(CCCCC(=O)NC2CCCC2)c(=O)c2ccccc21. The van der Waals surface area contributed by atoms with E-state index >= 15 is 0 Å². The number of unbranched alkanes of at least 4 members (excludes halogenated alkanes) is 1. The van der Waals surface area contributed by atoms with E-state index in [0.29, 0.717) is 30.2 Å². The van der Waals surface area contributed by atoms with Crippen LogP contribution in [0.1, 0.15) is 63.9 Å². The van der Waals surface area contributed by atoms with Gasteiger partial charge in [0.05, 0.1) is 10.9 Å². The summed E-state index contributed by atoms with van der Waals surface area (Å²) in [5.41, 5.74) is 0.783. The highest BCUT2D eigenvalue weighted by molar-refractivity contribution is 5.81. The smallest absolute Gasteiger partial charge is 0.331 e. The maximum Gasteiger partial charge on any atom is 0.331 e. The zero-order chi connectivity index (χ0) is 26.9. The van der Waals surface area contributed by atoms with Gasteiger partial charge in [0.2, 0.25) is 11.8 Å². The van der Waals surface area contributed by atoms with Crippen LogP contribution >= 0.6 is 0 Å². The monoisotopic (exact) mass is 518 g/mol. The number of rotatable bonds is 12. The van der Waals surface area contributed by atoms with Gasteiger partial charge in [0, 0.05) is 25.0 Å². The summed E-state index contributed by atoms with van der Waals surface area (Å²) in [4.78, 5) is 51.6. The van der Waals surface area contributed by atoms with Crippen LogP contribution in [0.2, 0.25) is 0 Å². The summed E-state index contributed by atoms with van der Waals surface area (Å²) in [6.07, 6.45) is 7.49. The molecule has 1 fully saturated rings. The molecule has 38 heavy (non-hydrogen) atoms. The number of fused-ring (bicyclic) bond motifs is 1. The van der Waals surface area contributed by atoms with Gasteiger partial charge in [0.25, 0.3) is 5.56 Å². The zero-order valence-electron chi connectivity index (χ0n) is 22.2. The lowest BCUT2D eigenvalue weighted by Gasteiger charge is -2.17. The molecule has 2 amide bonds. The van der Waals surface area contributed by atoms with Crippen molar-refractivity contribution in [2.75, 3.05) is 0 Å². The molecule has 0 radical (unpaired) electrons. The van der Waals surface area contributed by atoms with Crippen molar-refractivity contribution in [2.45, 2.75) is 89.9 Å². The summed E-state index contributed by atoms with van der Waals surface area (Å²) in [5.74, 6) is -0.246. The molecule has 0 unspecified atom stereocenters. The molecule has 1 aliphatic carbocycles. The highest BCUT2D eigenvalue weighted by Gasteiger charge is 2.18. The number of benzene rings is 2. The first-order valence-corrected chi connectivity index (χ1v) is 13.8. The predicted octanol–water partition coefficient (Wildman–Crippen LogP) is 3.53. The first-order chi connectivity index (χ1) is 18.4. The molecule has 1 saturated carbocycles. The number of nitrogens with one attached hydrogen (secondary N) is 2. The molecule has 4 rings (SSSR count). The maximum atomic E-state index is 13.4. The molecule has 0 bridgehead atoms. The van der Waals surface area contributed by atoms with Gasteiger partial charge < -0.3 is 10.6 Å². The highest BCUT2D eigenvalue weighted by Crippen LogP contribution is 2.17. The minimum atomic E-state index is -0.504. The molecule has 1 aliphatic rings. The van der Waals surface area contributed by atoms with Crippen LogP contribution < -0.4 is 21.9 Å². The van der Waals surface area contributed by atoms with E-state index in [1.807, 2.05) is 25.1 Å². The zero-order valence-corrected chi connectivity index (χ0v) is 22.2. The van der Waals surface area contributed by atoms with Crippen LogP contribution in [0, 0.1) is 0 Å². The van der Waals surface area contributed by atoms with Crippen LogP contribution in [0.25, 0.3) is 10.9 Å². The quantitative estimate of drug-likeness (QED) is 0.358. The third-order valence-corrected chi connectivity index (χ3v) is 7.31. The van der Waals surface area contributed by atoms with Crippen molar-refractivity contribution < 1.29 is 9.59 Å². The summed E-state index contributed by atoms with van der Waals surface area (Å²) >= 11 is 0. The molecule has 2 aromatic carbocycles. The molecule has 1 aromatic heterocycles. The Hall–Kier alpha value is -3.68. The highest BCUT2D eigenvalue weighted by atomic mass is 16.2. The topological polar surface area (TPSA) is 102 Å². The Morgan fingerprint density at radius 2 is 1.63 bits per heavy atom. The Morgan fingerprint density at radius 3 is 2.39 bits per heavy atom. The average molecular weight is 519 g/mol. The molecular formula is C30H38N4O4. The van der Waals surface area contributed by atoms with Crippen LogP contribution in [-0.2, 0) is 29.1 Å². The van der Waals surface area contributed by atoms with Crippen LogP contribution in [0.3, 0.4) is 0 Å². The Morgan fingerprint density at radius 1 is 0.921 bits per heavy atom. The van der Waals surface area contributed by atoms with Crippen LogP contribution in [0.4, 0.5) is 0 Å². The molecular weight excluding hydrogens is 480 g/mol. The van der Waals surface area contributed by atoms with E-state index in [2.05, 4.69) is 22.8 Å². The number of carbonyl (C=O) groups excluding carboxylic acids is 2. The Balaban J connectivity index is 1.39. The Bertz CT molecular complexity index is 1360. The van der Waals surface area contributed by atoms with Gasteiger partial charge in [-0.05, 0) is 63.1 Å². The first-order valence-electron chi connectivity index (χ1n) is 13.8. The van der Waals surface area contributed by atoms with Gasteiger partial charge in [-0.3, -0.25) is 23.5 Å². The number of hydrogen-bond donors (Lipinski definition) is 2. The summed E-state index contributed by atoms with van der Waals surface area (Å²) in [5, 5.41) is 6.46. The van der Waals surface area contributed by atoms with E-state index < -0.39 is 5.69 Å². The number of nitrogens with zero attached hydrogens (tertiary/aromatic N) is 2. The van der Waals surface area contributed by atoms with Gasteiger partial charge in [-0.25, -0.2) is 4.79 Å². The third-order valence-electron chi connectivity index (χ3n) is 7.31. The van der Waals surface area contributed by atoms with Crippen molar-refractivity contribution in [3.05, 3.63) is 81.0 Å². The summed E-state index contributed by atoms with van der Waals surface area (Å²) in [7, 11) is 0. The second-order valence-corrected chi connectivity index (χ2v) is 10.3. The summed E-state index contributed by atoms with van der Waals surface area (Å²) < 4.78 is 2.58. The minimum absolute atomic E-state index is 0.0261. The van der Waals surface area contributed by atoms with E-state index in [9.17, 15) is 19.2 Å². The molecule has 8 heteroatoms. The van der Waals surface area contributed by atoms with Gasteiger partial charge in [-0.1, -0.05) is 55.3 Å². The van der Waals surface area contributed by atoms with Gasteiger partial charge in [0.15, 0.2) is 0 Å². The minimum Gasteiger partial charge on any atom is -0.353 e. The van der Waals surface area contributed by atoms with E-state index in [1.54, 1.807) is 24.3 Å². The standard InChI is InChI=1S/C30H38N4O4/c1-22(18-19-23-11-3-2-4-12-23)31-28(36)21-34-26-16-8-7-15-25(26)29(37)33(30(34)38)20-10-9-17-27(35)32-24-13-5-6-14-24/h2-4,7-8,11-12,15-16,22,24H,5-6,9-10,13-14,17-21H2,1H3,(H,31,36)(H,32,35)/t22-/m1/s1. The third kappa shape index (κ3) is 7.21. The number of carbonyl (C=O) groups is 2. The van der Waals surface area contributed by atoms with Crippen molar-refractivity contribution in [2.24, 2.45) is 0 Å². The lowest BCUT2D eigenvalue weighted by Crippen LogP contribution is -2.44. The molecule has 3 aromatic rings. The molecule has 1 atom stereocenters. The van der Waals surface area contributed by atoms with E-state index in [-0.39, 0.29) is 42.5 Å². The van der Waals surface area contributed by atoms with Crippen LogP contribution in [-0.4, -0.2) is 33.0 Å². The van der Waals surface area contributed by atoms with E-state index in [0.717, 1.165) is 38.5 Å². The van der Waals surface area contributed by atoms with Crippen molar-refractivity contribution in [3.8, 4) is 0 Å². The summed E-state index contributed by atoms with van der Waals surface area (Å²) in [6, 6.07) is 17.2. The number of hydrogen-bond acceptors (Lipinski definition) is 4. The Labute approximate surface area is 223 Å². The number of aromatic nitrogens is 2. The Kier molecular flexibility index (Phi) is 9.51. The number of para-hydroxylation sites is 1. The predicted molar refractivity (Wildman–Crippen MR) is 149 cm³/mol. The molecule has 1 heterocycles. The average Bonchev–Trinajstić information content (AvgIpc) is 3.43. The molecule has 202 valence electrons. The number of amides is 2. The second-order valence-electron chi connectivity index (χ2n) is 10.3. The molecule has 0 spiro atoms. The van der Waals surface area contributed by atoms with E-state index in [1.165, 1.54) is 14.7 Å². The molecule has 2 N–H and O–H groups in total. The number of aryl methyl sites for hydroxylation is 1. The van der Waals surface area contributed by atoms with Crippen LogP contribution in [0.5, 0.6) is 0 Å². The van der Waals surface area contributed by atoms with Gasteiger partial charge in [0.1, 0.15) is 6.54 Å². The van der Waals surface area contributed by atoms with Crippen LogP contribution in [0.15, 0.2) is 64.2 Å². The molecule has 8 nitrogen and oxygen atoms in total.